The average molecular weight is 311 g/mol. The zero-order valence-corrected chi connectivity index (χ0v) is 13.7. The van der Waals surface area contributed by atoms with Crippen LogP contribution in [-0.4, -0.2) is 39.5 Å². The van der Waals surface area contributed by atoms with Gasteiger partial charge in [-0.2, -0.15) is 0 Å². The summed E-state index contributed by atoms with van der Waals surface area (Å²) >= 11 is 1.24. The van der Waals surface area contributed by atoms with E-state index in [9.17, 15) is 9.59 Å². The average Bonchev–Trinajstić information content (AvgIpc) is 2.88. The number of carbonyl (C=O) groups excluding carboxylic acids is 2. The van der Waals surface area contributed by atoms with Gasteiger partial charge in [-0.3, -0.25) is 9.59 Å². The molecule has 1 aromatic rings. The maximum atomic E-state index is 12.6. The minimum Gasteiger partial charge on any atom is -0.374 e. The molecule has 2 rings (SSSR count). The standard InChI is InChI=1S/C13H21N5O2S/c1-12(2,10-16-17-11(14)21-10)15-9(20)7-6-8(19)18(5)13(7,3)4/h7H,6H2,1-5H3,(H2,14,17)(H,15,20)/t7-/m1/s1. The number of amides is 2. The van der Waals surface area contributed by atoms with Gasteiger partial charge in [-0.25, -0.2) is 0 Å². The second-order valence-corrected chi connectivity index (χ2v) is 7.43. The Balaban J connectivity index is 2.17. The van der Waals surface area contributed by atoms with E-state index in [0.717, 1.165) is 0 Å². The summed E-state index contributed by atoms with van der Waals surface area (Å²) in [6, 6.07) is 0. The number of anilines is 1. The molecule has 2 heterocycles. The van der Waals surface area contributed by atoms with Crippen LogP contribution in [0.15, 0.2) is 0 Å². The quantitative estimate of drug-likeness (QED) is 0.857. The summed E-state index contributed by atoms with van der Waals surface area (Å²) in [6.07, 6.45) is 0.226. The molecule has 3 N–H and O–H groups in total. The van der Waals surface area contributed by atoms with E-state index in [4.69, 9.17) is 5.73 Å². The van der Waals surface area contributed by atoms with Crippen LogP contribution in [0.1, 0.15) is 39.1 Å². The van der Waals surface area contributed by atoms with E-state index in [1.165, 1.54) is 11.3 Å². The second-order valence-electron chi connectivity index (χ2n) is 6.42. The molecule has 0 saturated carbocycles. The van der Waals surface area contributed by atoms with Crippen LogP contribution in [-0.2, 0) is 15.1 Å². The summed E-state index contributed by atoms with van der Waals surface area (Å²) in [7, 11) is 1.73. The van der Waals surface area contributed by atoms with Crippen LogP contribution in [0.2, 0.25) is 0 Å². The maximum Gasteiger partial charge on any atom is 0.226 e. The lowest BCUT2D eigenvalue weighted by molar-refractivity contribution is -0.129. The smallest absolute Gasteiger partial charge is 0.226 e. The molecule has 0 radical (unpaired) electrons. The van der Waals surface area contributed by atoms with Crippen molar-refractivity contribution in [3.05, 3.63) is 5.01 Å². The minimum atomic E-state index is -0.674. The lowest BCUT2D eigenvalue weighted by Crippen LogP contribution is -2.50. The van der Waals surface area contributed by atoms with Gasteiger partial charge in [-0.05, 0) is 27.7 Å². The molecule has 2 amide bonds. The summed E-state index contributed by atoms with van der Waals surface area (Å²) in [5.74, 6) is -0.561. The Morgan fingerprint density at radius 3 is 2.52 bits per heavy atom. The molecule has 1 atom stereocenters. The van der Waals surface area contributed by atoms with Gasteiger partial charge < -0.3 is 16.0 Å². The third-order valence-electron chi connectivity index (χ3n) is 4.20. The number of nitrogens with two attached hydrogens (primary N) is 1. The van der Waals surface area contributed by atoms with Crippen molar-refractivity contribution in [2.24, 2.45) is 5.92 Å². The minimum absolute atomic E-state index is 0.0156. The Bertz CT molecular complexity index is 581. The van der Waals surface area contributed by atoms with Crippen molar-refractivity contribution in [1.29, 1.82) is 0 Å². The van der Waals surface area contributed by atoms with Gasteiger partial charge >= 0.3 is 0 Å². The molecule has 0 unspecified atom stereocenters. The number of carbonyl (C=O) groups is 2. The predicted octanol–water partition coefficient (Wildman–Crippen LogP) is 0.728. The third-order valence-corrected chi connectivity index (χ3v) is 5.27. The number of rotatable bonds is 3. The lowest BCUT2D eigenvalue weighted by atomic mass is 9.87. The number of nitrogens with one attached hydrogen (secondary N) is 1. The second kappa shape index (κ2) is 4.94. The van der Waals surface area contributed by atoms with Crippen LogP contribution in [0.25, 0.3) is 0 Å². The van der Waals surface area contributed by atoms with Gasteiger partial charge in [0.05, 0.1) is 11.5 Å². The number of hydrogen-bond acceptors (Lipinski definition) is 6. The van der Waals surface area contributed by atoms with Crippen molar-refractivity contribution in [2.45, 2.75) is 45.2 Å². The largest absolute Gasteiger partial charge is 0.374 e. The normalized spacial score (nSPS) is 21.7. The van der Waals surface area contributed by atoms with E-state index in [1.807, 2.05) is 27.7 Å². The van der Waals surface area contributed by atoms with Gasteiger partial charge in [0.2, 0.25) is 16.9 Å². The van der Waals surface area contributed by atoms with E-state index in [0.29, 0.717) is 10.1 Å². The fourth-order valence-corrected chi connectivity index (χ4v) is 3.13. The Hall–Kier alpha value is -1.70. The van der Waals surface area contributed by atoms with Crippen molar-refractivity contribution in [2.75, 3.05) is 12.8 Å². The predicted molar refractivity (Wildman–Crippen MR) is 80.4 cm³/mol. The first-order valence-corrected chi connectivity index (χ1v) is 7.55. The van der Waals surface area contributed by atoms with Crippen molar-refractivity contribution < 1.29 is 9.59 Å². The Kier molecular flexibility index (Phi) is 3.69. The van der Waals surface area contributed by atoms with E-state index in [2.05, 4.69) is 15.5 Å². The maximum absolute atomic E-state index is 12.6. The summed E-state index contributed by atoms with van der Waals surface area (Å²) in [5.41, 5.74) is 4.41. The zero-order chi connectivity index (χ0) is 16.0. The van der Waals surface area contributed by atoms with Crippen molar-refractivity contribution in [3.63, 3.8) is 0 Å². The molecular formula is C13H21N5O2S. The van der Waals surface area contributed by atoms with Gasteiger partial charge in [0, 0.05) is 19.0 Å². The highest BCUT2D eigenvalue weighted by atomic mass is 32.1. The van der Waals surface area contributed by atoms with Crippen molar-refractivity contribution >= 4 is 28.3 Å². The fourth-order valence-electron chi connectivity index (χ4n) is 2.47. The highest BCUT2D eigenvalue weighted by Gasteiger charge is 2.48. The summed E-state index contributed by atoms with van der Waals surface area (Å²) in [5, 5.41) is 11.7. The molecule has 1 fully saturated rings. The van der Waals surface area contributed by atoms with Gasteiger partial charge in [-0.1, -0.05) is 11.3 Å². The van der Waals surface area contributed by atoms with Crippen LogP contribution in [0, 0.1) is 5.92 Å². The SMILES string of the molecule is CN1C(=O)C[C@H](C(=O)NC(C)(C)c2nnc(N)s2)C1(C)C. The summed E-state index contributed by atoms with van der Waals surface area (Å²) in [4.78, 5) is 26.1. The molecule has 0 aliphatic carbocycles. The van der Waals surface area contributed by atoms with Crippen LogP contribution in [0.3, 0.4) is 0 Å². The number of likely N-dealkylation sites (tertiary alicyclic amines) is 1. The Morgan fingerprint density at radius 1 is 1.48 bits per heavy atom. The topological polar surface area (TPSA) is 101 Å². The first-order valence-electron chi connectivity index (χ1n) is 6.74. The highest BCUT2D eigenvalue weighted by Crippen LogP contribution is 2.35. The molecule has 8 heteroatoms. The molecule has 0 aromatic carbocycles. The van der Waals surface area contributed by atoms with Gasteiger partial charge in [0.25, 0.3) is 0 Å². The van der Waals surface area contributed by atoms with E-state index >= 15 is 0 Å². The third kappa shape index (κ3) is 2.72. The number of aromatic nitrogens is 2. The van der Waals surface area contributed by atoms with Crippen LogP contribution < -0.4 is 11.1 Å². The lowest BCUT2D eigenvalue weighted by Gasteiger charge is -2.34. The van der Waals surface area contributed by atoms with Crippen LogP contribution >= 0.6 is 11.3 Å². The summed E-state index contributed by atoms with van der Waals surface area (Å²) in [6.45, 7) is 7.49. The molecular weight excluding hydrogens is 290 g/mol. The Morgan fingerprint density at radius 2 is 2.10 bits per heavy atom. The van der Waals surface area contributed by atoms with Gasteiger partial charge in [0.15, 0.2) is 0 Å². The van der Waals surface area contributed by atoms with E-state index in [1.54, 1.807) is 11.9 Å². The van der Waals surface area contributed by atoms with Crippen molar-refractivity contribution in [3.8, 4) is 0 Å². The van der Waals surface area contributed by atoms with Crippen molar-refractivity contribution in [1.82, 2.24) is 20.4 Å². The number of hydrogen-bond donors (Lipinski definition) is 2. The molecule has 1 saturated heterocycles. The van der Waals surface area contributed by atoms with E-state index < -0.39 is 11.1 Å². The monoisotopic (exact) mass is 311 g/mol. The summed E-state index contributed by atoms with van der Waals surface area (Å²) < 4.78 is 0. The highest BCUT2D eigenvalue weighted by molar-refractivity contribution is 7.15. The van der Waals surface area contributed by atoms with Gasteiger partial charge in [-0.15, -0.1) is 10.2 Å². The number of nitrogens with zero attached hydrogens (tertiary/aromatic N) is 3. The first kappa shape index (κ1) is 15.7. The Labute approximate surface area is 127 Å². The molecule has 1 aromatic heterocycles. The molecule has 0 bridgehead atoms. The molecule has 1 aliphatic heterocycles. The zero-order valence-electron chi connectivity index (χ0n) is 12.9. The first-order chi connectivity index (χ1) is 9.55. The molecule has 0 spiro atoms. The molecule has 7 nitrogen and oxygen atoms in total. The molecule has 116 valence electrons. The van der Waals surface area contributed by atoms with Crippen LogP contribution in [0.4, 0.5) is 5.13 Å². The van der Waals surface area contributed by atoms with Crippen LogP contribution in [0.5, 0.6) is 0 Å². The molecule has 1 aliphatic rings. The number of nitrogen functional groups attached to an aromatic ring is 1. The van der Waals surface area contributed by atoms with Gasteiger partial charge in [0.1, 0.15) is 5.01 Å². The van der Waals surface area contributed by atoms with E-state index in [-0.39, 0.29) is 24.2 Å². The molecule has 21 heavy (non-hydrogen) atoms. The fraction of sp³-hybridized carbons (Fsp3) is 0.692.